The molecule has 0 amide bonds. The van der Waals surface area contributed by atoms with Gasteiger partial charge < -0.3 is 15.6 Å². The molecule has 0 aromatic heterocycles. The van der Waals surface area contributed by atoms with Gasteiger partial charge >= 0.3 is 5.97 Å². The summed E-state index contributed by atoms with van der Waals surface area (Å²) < 4.78 is 9.34. The van der Waals surface area contributed by atoms with E-state index >= 15 is 0 Å². The van der Waals surface area contributed by atoms with Crippen LogP contribution in [0.3, 0.4) is 0 Å². The standard InChI is InChI=1S/C7H12O3.H3N/c1-3-4-7(8)10-6-5-9-2;/h3-4H,5-6H2,1-2H3;1H3/b4-3+;. The molecule has 0 fully saturated rings. The Labute approximate surface area is 66.8 Å². The van der Waals surface area contributed by atoms with E-state index in [1.54, 1.807) is 20.1 Å². The van der Waals surface area contributed by atoms with Crippen LogP contribution in [0.25, 0.3) is 0 Å². The van der Waals surface area contributed by atoms with Crippen LogP contribution >= 0.6 is 0 Å². The molecule has 66 valence electrons. The summed E-state index contributed by atoms with van der Waals surface area (Å²) in [5, 5.41) is 0. The molecule has 0 radical (unpaired) electrons. The number of allylic oxidation sites excluding steroid dienone is 1. The van der Waals surface area contributed by atoms with E-state index in [1.165, 1.54) is 6.08 Å². The number of carbonyl (C=O) groups excluding carboxylic acids is 1. The molecular weight excluding hydrogens is 146 g/mol. The van der Waals surface area contributed by atoms with E-state index < -0.39 is 0 Å². The Morgan fingerprint density at radius 3 is 2.55 bits per heavy atom. The minimum Gasteiger partial charge on any atom is -0.460 e. The zero-order chi connectivity index (χ0) is 7.82. The molecule has 0 spiro atoms. The monoisotopic (exact) mass is 161 g/mol. The zero-order valence-corrected chi connectivity index (χ0v) is 7.00. The van der Waals surface area contributed by atoms with Crippen molar-refractivity contribution in [3.05, 3.63) is 12.2 Å². The summed E-state index contributed by atoms with van der Waals surface area (Å²) >= 11 is 0. The van der Waals surface area contributed by atoms with Gasteiger partial charge in [0.25, 0.3) is 0 Å². The van der Waals surface area contributed by atoms with Crippen LogP contribution < -0.4 is 6.15 Å². The van der Waals surface area contributed by atoms with Crippen LogP contribution in [-0.2, 0) is 14.3 Å². The SMILES string of the molecule is C/C=C/C(=O)OCCOC.N. The number of carbonyl (C=O) groups is 1. The van der Waals surface area contributed by atoms with E-state index in [1.807, 2.05) is 0 Å². The maximum atomic E-state index is 10.6. The fraction of sp³-hybridized carbons (Fsp3) is 0.571. The van der Waals surface area contributed by atoms with Gasteiger partial charge in [0.05, 0.1) is 6.61 Å². The quantitative estimate of drug-likeness (QED) is 0.378. The highest BCUT2D eigenvalue weighted by Crippen LogP contribution is 1.80. The Hall–Kier alpha value is -0.870. The Balaban J connectivity index is 0. The first-order valence-corrected chi connectivity index (χ1v) is 3.09. The van der Waals surface area contributed by atoms with Crippen LogP contribution in [0.5, 0.6) is 0 Å². The van der Waals surface area contributed by atoms with Crippen molar-refractivity contribution < 1.29 is 14.3 Å². The lowest BCUT2D eigenvalue weighted by Crippen LogP contribution is -2.06. The predicted octanol–water partition coefficient (Wildman–Crippen LogP) is 0.914. The molecule has 0 bridgehead atoms. The van der Waals surface area contributed by atoms with Crippen molar-refractivity contribution in [1.29, 1.82) is 0 Å². The number of rotatable bonds is 4. The van der Waals surface area contributed by atoms with Gasteiger partial charge in [-0.15, -0.1) is 0 Å². The first kappa shape index (κ1) is 12.8. The molecule has 0 aliphatic heterocycles. The van der Waals surface area contributed by atoms with E-state index in [4.69, 9.17) is 0 Å². The third-order valence-electron chi connectivity index (χ3n) is 0.835. The number of hydrogen-bond acceptors (Lipinski definition) is 4. The third kappa shape index (κ3) is 9.13. The largest absolute Gasteiger partial charge is 0.460 e. The van der Waals surface area contributed by atoms with Gasteiger partial charge in [-0.2, -0.15) is 0 Å². The highest BCUT2D eigenvalue weighted by Gasteiger charge is 1.92. The normalized spacial score (nSPS) is 9.27. The Morgan fingerprint density at radius 2 is 2.09 bits per heavy atom. The van der Waals surface area contributed by atoms with E-state index in [-0.39, 0.29) is 12.1 Å². The first-order chi connectivity index (χ1) is 4.81. The molecule has 0 aliphatic rings. The molecule has 0 aromatic carbocycles. The third-order valence-corrected chi connectivity index (χ3v) is 0.835. The molecule has 11 heavy (non-hydrogen) atoms. The molecule has 4 heteroatoms. The second kappa shape index (κ2) is 9.13. The first-order valence-electron chi connectivity index (χ1n) is 3.09. The average molecular weight is 161 g/mol. The molecule has 4 nitrogen and oxygen atoms in total. The summed E-state index contributed by atoms with van der Waals surface area (Å²) in [7, 11) is 1.56. The lowest BCUT2D eigenvalue weighted by atomic mass is 10.5. The Morgan fingerprint density at radius 1 is 1.45 bits per heavy atom. The molecule has 0 aliphatic carbocycles. The van der Waals surface area contributed by atoms with Crippen molar-refractivity contribution in [3.8, 4) is 0 Å². The molecule has 0 atom stereocenters. The molecule has 0 saturated carbocycles. The molecule has 3 N–H and O–H groups in total. The molecule has 0 rings (SSSR count). The summed E-state index contributed by atoms with van der Waals surface area (Å²) in [5.41, 5.74) is 0. The van der Waals surface area contributed by atoms with Crippen LogP contribution in [0, 0.1) is 0 Å². The maximum Gasteiger partial charge on any atom is 0.330 e. The summed E-state index contributed by atoms with van der Waals surface area (Å²) in [6.07, 6.45) is 3.00. The van der Waals surface area contributed by atoms with Gasteiger partial charge in [-0.1, -0.05) is 6.08 Å². The fourth-order valence-corrected chi connectivity index (χ4v) is 0.410. The highest BCUT2D eigenvalue weighted by atomic mass is 16.6. The van der Waals surface area contributed by atoms with Crippen LogP contribution in [0.15, 0.2) is 12.2 Å². The van der Waals surface area contributed by atoms with Crippen molar-refractivity contribution in [3.63, 3.8) is 0 Å². The summed E-state index contributed by atoms with van der Waals surface area (Å²) in [6, 6.07) is 0. The summed E-state index contributed by atoms with van der Waals surface area (Å²) in [5.74, 6) is -0.320. The van der Waals surface area contributed by atoms with Gasteiger partial charge in [0.15, 0.2) is 0 Å². The van der Waals surface area contributed by atoms with Crippen molar-refractivity contribution in [2.45, 2.75) is 6.92 Å². The minimum absolute atomic E-state index is 0. The second-order valence-electron chi connectivity index (χ2n) is 1.66. The molecule has 0 aromatic rings. The predicted molar refractivity (Wildman–Crippen MR) is 42.7 cm³/mol. The van der Waals surface area contributed by atoms with Crippen LogP contribution in [0.2, 0.25) is 0 Å². The lowest BCUT2D eigenvalue weighted by Gasteiger charge is -1.98. The van der Waals surface area contributed by atoms with Gasteiger partial charge in [-0.05, 0) is 6.92 Å². The van der Waals surface area contributed by atoms with Gasteiger partial charge in [0, 0.05) is 13.2 Å². The molecule has 0 unspecified atom stereocenters. The molecule has 0 saturated heterocycles. The molecule has 0 heterocycles. The van der Waals surface area contributed by atoms with Gasteiger partial charge in [0.1, 0.15) is 6.61 Å². The van der Waals surface area contributed by atoms with E-state index in [0.29, 0.717) is 13.2 Å². The maximum absolute atomic E-state index is 10.6. The summed E-state index contributed by atoms with van der Waals surface area (Å²) in [4.78, 5) is 10.6. The van der Waals surface area contributed by atoms with Crippen LogP contribution in [-0.4, -0.2) is 26.3 Å². The molecular formula is C7H15NO3. The second-order valence-corrected chi connectivity index (χ2v) is 1.66. The Kier molecular flexibility index (Phi) is 10.6. The average Bonchev–Trinajstić information content (AvgIpc) is 1.89. The minimum atomic E-state index is -0.320. The van der Waals surface area contributed by atoms with E-state index in [9.17, 15) is 4.79 Å². The van der Waals surface area contributed by atoms with E-state index in [0.717, 1.165) is 0 Å². The zero-order valence-electron chi connectivity index (χ0n) is 7.00. The smallest absolute Gasteiger partial charge is 0.330 e. The van der Waals surface area contributed by atoms with Crippen molar-refractivity contribution in [1.82, 2.24) is 6.15 Å². The number of methoxy groups -OCH3 is 1. The van der Waals surface area contributed by atoms with Crippen molar-refractivity contribution in [2.24, 2.45) is 0 Å². The van der Waals surface area contributed by atoms with Gasteiger partial charge in [-0.3, -0.25) is 0 Å². The lowest BCUT2D eigenvalue weighted by molar-refractivity contribution is -0.138. The van der Waals surface area contributed by atoms with Gasteiger partial charge in [-0.25, -0.2) is 4.79 Å². The number of ether oxygens (including phenoxy) is 2. The number of hydrogen-bond donors (Lipinski definition) is 1. The Bertz CT molecular complexity index is 123. The summed E-state index contributed by atoms with van der Waals surface area (Å²) in [6.45, 7) is 2.53. The number of esters is 1. The van der Waals surface area contributed by atoms with Crippen LogP contribution in [0.1, 0.15) is 6.92 Å². The fourth-order valence-electron chi connectivity index (χ4n) is 0.410. The van der Waals surface area contributed by atoms with Gasteiger partial charge in [0.2, 0.25) is 0 Å². The highest BCUT2D eigenvalue weighted by molar-refractivity contribution is 5.81. The van der Waals surface area contributed by atoms with Crippen molar-refractivity contribution >= 4 is 5.97 Å². The topological polar surface area (TPSA) is 70.5 Å². The van der Waals surface area contributed by atoms with Crippen molar-refractivity contribution in [2.75, 3.05) is 20.3 Å². The van der Waals surface area contributed by atoms with E-state index in [2.05, 4.69) is 9.47 Å². The van der Waals surface area contributed by atoms with Crippen LogP contribution in [0.4, 0.5) is 0 Å².